The van der Waals surface area contributed by atoms with Crippen LogP contribution in [0.25, 0.3) is 0 Å². The maximum atomic E-state index is 11.5. The fraction of sp³-hybridized carbons (Fsp3) is 0.250. The van der Waals surface area contributed by atoms with Crippen LogP contribution in [0.15, 0.2) is 36.7 Å². The molecular weight excluding hydrogens is 332 g/mol. The van der Waals surface area contributed by atoms with Crippen LogP contribution >= 0.6 is 46.6 Å². The normalized spacial score (nSPS) is 10.7. The number of carbonyl (C=O) groups is 1. The van der Waals surface area contributed by atoms with Gasteiger partial charge in [0.1, 0.15) is 0 Å². The van der Waals surface area contributed by atoms with Crippen LogP contribution in [0.4, 0.5) is 0 Å². The fourth-order valence-electron chi connectivity index (χ4n) is 1.50. The molecule has 0 atom stereocenters. The van der Waals surface area contributed by atoms with E-state index in [-0.39, 0.29) is 0 Å². The SMILES string of the molecule is CCSc1cccc(Sc2nnc(SC)s2)c1C(=O)O. The smallest absolute Gasteiger partial charge is 0.337 e. The Morgan fingerprint density at radius 1 is 1.30 bits per heavy atom. The van der Waals surface area contributed by atoms with Crippen LogP contribution in [0.2, 0.25) is 0 Å². The van der Waals surface area contributed by atoms with Crippen molar-refractivity contribution in [1.29, 1.82) is 0 Å². The summed E-state index contributed by atoms with van der Waals surface area (Å²) in [4.78, 5) is 13.0. The minimum Gasteiger partial charge on any atom is -0.478 e. The van der Waals surface area contributed by atoms with Crippen LogP contribution in [0.1, 0.15) is 17.3 Å². The summed E-state index contributed by atoms with van der Waals surface area (Å²) >= 11 is 5.89. The van der Waals surface area contributed by atoms with Crippen molar-refractivity contribution in [3.8, 4) is 0 Å². The van der Waals surface area contributed by atoms with Crippen LogP contribution < -0.4 is 0 Å². The van der Waals surface area contributed by atoms with Gasteiger partial charge in [-0.15, -0.1) is 22.0 Å². The van der Waals surface area contributed by atoms with Crippen LogP contribution in [-0.4, -0.2) is 33.3 Å². The maximum absolute atomic E-state index is 11.5. The van der Waals surface area contributed by atoms with Gasteiger partial charge in [-0.3, -0.25) is 0 Å². The first-order valence-corrected chi connectivity index (χ1v) is 9.54. The van der Waals surface area contributed by atoms with Gasteiger partial charge >= 0.3 is 5.97 Å². The molecule has 0 spiro atoms. The van der Waals surface area contributed by atoms with E-state index in [0.717, 1.165) is 19.3 Å². The number of carboxylic acids is 1. The van der Waals surface area contributed by atoms with E-state index in [1.807, 2.05) is 31.4 Å². The van der Waals surface area contributed by atoms with Crippen molar-refractivity contribution in [1.82, 2.24) is 10.2 Å². The predicted molar refractivity (Wildman–Crippen MR) is 85.6 cm³/mol. The molecule has 0 saturated carbocycles. The number of benzene rings is 1. The Balaban J connectivity index is 2.35. The van der Waals surface area contributed by atoms with E-state index in [9.17, 15) is 9.90 Å². The summed E-state index contributed by atoms with van der Waals surface area (Å²) in [5.74, 6) is -0.0669. The van der Waals surface area contributed by atoms with Crippen molar-refractivity contribution in [2.45, 2.75) is 25.4 Å². The second kappa shape index (κ2) is 7.35. The number of nitrogens with zero attached hydrogens (tertiary/aromatic N) is 2. The number of rotatable bonds is 6. The average Bonchev–Trinajstić information content (AvgIpc) is 2.86. The highest BCUT2D eigenvalue weighted by Crippen LogP contribution is 2.37. The van der Waals surface area contributed by atoms with Crippen molar-refractivity contribution in [2.24, 2.45) is 0 Å². The summed E-state index contributed by atoms with van der Waals surface area (Å²) < 4.78 is 1.64. The lowest BCUT2D eigenvalue weighted by Gasteiger charge is -2.08. The fourth-order valence-corrected chi connectivity index (χ4v) is 4.94. The van der Waals surface area contributed by atoms with E-state index < -0.39 is 5.97 Å². The van der Waals surface area contributed by atoms with Crippen LogP contribution in [-0.2, 0) is 0 Å². The van der Waals surface area contributed by atoms with Gasteiger partial charge in [0.25, 0.3) is 0 Å². The first-order valence-electron chi connectivity index (χ1n) is 5.70. The number of hydrogen-bond acceptors (Lipinski definition) is 7. The Labute approximate surface area is 133 Å². The lowest BCUT2D eigenvalue weighted by molar-refractivity contribution is 0.0689. The van der Waals surface area contributed by atoms with E-state index in [1.54, 1.807) is 0 Å². The topological polar surface area (TPSA) is 63.1 Å². The molecule has 4 nitrogen and oxygen atoms in total. The van der Waals surface area contributed by atoms with Gasteiger partial charge in [0.05, 0.1) is 5.56 Å². The zero-order valence-corrected chi connectivity index (χ0v) is 14.1. The molecule has 0 radical (unpaired) electrons. The largest absolute Gasteiger partial charge is 0.478 e. The molecule has 1 aromatic carbocycles. The van der Waals surface area contributed by atoms with E-state index in [1.165, 1.54) is 46.6 Å². The van der Waals surface area contributed by atoms with Crippen LogP contribution in [0, 0.1) is 0 Å². The summed E-state index contributed by atoms with van der Waals surface area (Å²) in [5.41, 5.74) is 0.352. The summed E-state index contributed by atoms with van der Waals surface area (Å²) in [6, 6.07) is 5.53. The van der Waals surface area contributed by atoms with Gasteiger partial charge in [-0.2, -0.15) is 0 Å². The van der Waals surface area contributed by atoms with Gasteiger partial charge in [-0.25, -0.2) is 4.79 Å². The molecule has 106 valence electrons. The lowest BCUT2D eigenvalue weighted by Crippen LogP contribution is -2.01. The van der Waals surface area contributed by atoms with Crippen molar-refractivity contribution in [2.75, 3.05) is 12.0 Å². The van der Waals surface area contributed by atoms with Crippen molar-refractivity contribution < 1.29 is 9.90 Å². The molecule has 0 fully saturated rings. The third-order valence-electron chi connectivity index (χ3n) is 2.26. The van der Waals surface area contributed by atoms with E-state index in [4.69, 9.17) is 0 Å². The molecular formula is C12H12N2O2S4. The number of aromatic carboxylic acids is 1. The minimum atomic E-state index is -0.904. The molecule has 2 rings (SSSR count). The van der Waals surface area contributed by atoms with Crippen molar-refractivity contribution in [3.63, 3.8) is 0 Å². The van der Waals surface area contributed by atoms with Gasteiger partial charge in [0, 0.05) is 9.79 Å². The second-order valence-corrected chi connectivity index (χ2v) is 8.13. The molecule has 0 amide bonds. The molecule has 0 aliphatic heterocycles. The molecule has 0 saturated heterocycles. The first kappa shape index (κ1) is 15.7. The standard InChI is InChI=1S/C12H12N2O2S4/c1-3-18-7-5-4-6-8(9(7)10(15)16)19-12-14-13-11(17-2)20-12/h4-6H,3H2,1-2H3,(H,15,16). The minimum absolute atomic E-state index is 0.352. The van der Waals surface area contributed by atoms with Crippen molar-refractivity contribution >= 4 is 52.6 Å². The Bertz CT molecular complexity index is 615. The first-order chi connectivity index (χ1) is 9.65. The molecule has 8 heteroatoms. The summed E-state index contributed by atoms with van der Waals surface area (Å²) in [7, 11) is 0. The monoisotopic (exact) mass is 344 g/mol. The molecule has 1 heterocycles. The average molecular weight is 345 g/mol. The predicted octanol–water partition coefficient (Wildman–Crippen LogP) is 4.22. The Morgan fingerprint density at radius 2 is 2.00 bits per heavy atom. The molecule has 0 aliphatic rings. The summed E-state index contributed by atoms with van der Waals surface area (Å²) in [6.45, 7) is 2.01. The van der Waals surface area contributed by atoms with E-state index >= 15 is 0 Å². The number of aromatic nitrogens is 2. The highest BCUT2D eigenvalue weighted by Gasteiger charge is 2.17. The third-order valence-corrected chi connectivity index (χ3v) is 6.21. The van der Waals surface area contributed by atoms with Crippen molar-refractivity contribution in [3.05, 3.63) is 23.8 Å². The number of hydrogen-bond donors (Lipinski definition) is 1. The molecule has 0 unspecified atom stereocenters. The quantitative estimate of drug-likeness (QED) is 0.787. The van der Waals surface area contributed by atoms with Gasteiger partial charge < -0.3 is 5.11 Å². The zero-order valence-electron chi connectivity index (χ0n) is 10.8. The van der Waals surface area contributed by atoms with Gasteiger partial charge in [0.2, 0.25) is 0 Å². The molecule has 1 N–H and O–H groups in total. The van der Waals surface area contributed by atoms with Gasteiger partial charge in [-0.1, -0.05) is 47.9 Å². The highest BCUT2D eigenvalue weighted by atomic mass is 32.2. The number of thioether (sulfide) groups is 2. The van der Waals surface area contributed by atoms with Crippen LogP contribution in [0.3, 0.4) is 0 Å². The van der Waals surface area contributed by atoms with Crippen LogP contribution in [0.5, 0.6) is 0 Å². The molecule has 2 aromatic rings. The molecule has 0 bridgehead atoms. The molecule has 0 aliphatic carbocycles. The molecule has 1 aromatic heterocycles. The van der Waals surface area contributed by atoms with Gasteiger partial charge in [-0.05, 0) is 24.1 Å². The summed E-state index contributed by atoms with van der Waals surface area (Å²) in [6.07, 6.45) is 1.94. The molecule has 20 heavy (non-hydrogen) atoms. The third kappa shape index (κ3) is 3.69. The zero-order chi connectivity index (χ0) is 14.5. The van der Waals surface area contributed by atoms with Gasteiger partial charge in [0.15, 0.2) is 8.68 Å². The second-order valence-electron chi connectivity index (χ2n) is 3.51. The Hall–Kier alpha value is -0.700. The Morgan fingerprint density at radius 3 is 2.60 bits per heavy atom. The lowest BCUT2D eigenvalue weighted by atomic mass is 10.2. The summed E-state index contributed by atoms with van der Waals surface area (Å²) in [5, 5.41) is 17.5. The highest BCUT2D eigenvalue weighted by molar-refractivity contribution is 8.03. The van der Waals surface area contributed by atoms with E-state index in [2.05, 4.69) is 10.2 Å². The van der Waals surface area contributed by atoms with E-state index in [0.29, 0.717) is 10.5 Å². The number of carboxylic acid groups (broad SMARTS) is 1. The Kier molecular flexibility index (Phi) is 5.76. The maximum Gasteiger partial charge on any atom is 0.337 e.